The van der Waals surface area contributed by atoms with Crippen molar-refractivity contribution in [1.29, 1.82) is 0 Å². The summed E-state index contributed by atoms with van der Waals surface area (Å²) < 4.78 is 1.54. The van der Waals surface area contributed by atoms with Crippen LogP contribution in [0, 0.1) is 0 Å². The fourth-order valence-corrected chi connectivity index (χ4v) is 4.19. The van der Waals surface area contributed by atoms with Crippen LogP contribution in [0.2, 0.25) is 0 Å². The Balaban J connectivity index is 1.41. The number of fused-ring (bicyclic) bond motifs is 1. The van der Waals surface area contributed by atoms with Crippen molar-refractivity contribution in [3.63, 3.8) is 0 Å². The number of aromatic amines is 1. The number of benzene rings is 3. The molecular weight excluding hydrogens is 396 g/mol. The van der Waals surface area contributed by atoms with Crippen molar-refractivity contribution in [2.45, 2.75) is 24.7 Å². The maximum Gasteiger partial charge on any atom is 0.344 e. The zero-order valence-corrected chi connectivity index (χ0v) is 17.4. The minimum atomic E-state index is -0.286. The van der Waals surface area contributed by atoms with Gasteiger partial charge in [-0.25, -0.2) is 9.89 Å². The molecule has 2 N–H and O–H groups in total. The van der Waals surface area contributed by atoms with Crippen molar-refractivity contribution in [3.8, 4) is 0 Å². The van der Waals surface area contributed by atoms with Crippen LogP contribution in [0.5, 0.6) is 0 Å². The maximum atomic E-state index is 12.6. The number of rotatable bonds is 7. The van der Waals surface area contributed by atoms with Crippen molar-refractivity contribution >= 4 is 28.4 Å². The Morgan fingerprint density at radius 1 is 1.07 bits per heavy atom. The Labute approximate surface area is 178 Å². The van der Waals surface area contributed by atoms with Gasteiger partial charge in [0.25, 0.3) is 0 Å². The number of amides is 1. The predicted molar refractivity (Wildman–Crippen MR) is 120 cm³/mol. The first-order chi connectivity index (χ1) is 14.6. The lowest BCUT2D eigenvalue weighted by Crippen LogP contribution is -2.28. The van der Waals surface area contributed by atoms with Gasteiger partial charge in [-0.3, -0.25) is 9.36 Å². The third kappa shape index (κ3) is 4.46. The monoisotopic (exact) mass is 418 g/mol. The average molecular weight is 419 g/mol. The molecule has 0 bridgehead atoms. The first-order valence-electron chi connectivity index (χ1n) is 9.71. The zero-order chi connectivity index (χ0) is 20.9. The Morgan fingerprint density at radius 2 is 1.80 bits per heavy atom. The molecule has 7 heteroatoms. The molecule has 0 aliphatic rings. The van der Waals surface area contributed by atoms with Crippen molar-refractivity contribution in [3.05, 3.63) is 94.4 Å². The third-order valence-electron chi connectivity index (χ3n) is 4.91. The Kier molecular flexibility index (Phi) is 5.99. The summed E-state index contributed by atoms with van der Waals surface area (Å²) in [7, 11) is 0. The van der Waals surface area contributed by atoms with Crippen LogP contribution in [0.4, 0.5) is 0 Å². The second-order valence-corrected chi connectivity index (χ2v) is 7.97. The van der Waals surface area contributed by atoms with Crippen LogP contribution in [0.1, 0.15) is 24.1 Å². The number of carbonyl (C=O) groups is 1. The van der Waals surface area contributed by atoms with Crippen LogP contribution in [-0.2, 0) is 11.3 Å². The minimum Gasteiger partial charge on any atom is -0.349 e. The summed E-state index contributed by atoms with van der Waals surface area (Å²) in [5.74, 6) is 0.0657. The van der Waals surface area contributed by atoms with Crippen molar-refractivity contribution in [2.75, 3.05) is 5.75 Å². The maximum absolute atomic E-state index is 12.6. The van der Waals surface area contributed by atoms with E-state index in [1.54, 1.807) is 4.57 Å². The standard InChI is InChI=1S/C23H22N4O2S/c1-16(19-13-7-11-18-10-5-6-12-20(18)19)24-21(28)15-30-23-26-25-22(29)27(23)14-17-8-3-2-4-9-17/h2-13,16H,14-15H2,1H3,(H,24,28)(H,25,29). The molecule has 1 heterocycles. The molecule has 0 saturated heterocycles. The molecule has 4 aromatic rings. The first kappa shape index (κ1) is 20.0. The molecule has 0 aliphatic heterocycles. The topological polar surface area (TPSA) is 79.8 Å². The Morgan fingerprint density at radius 3 is 2.63 bits per heavy atom. The van der Waals surface area contributed by atoms with Gasteiger partial charge in [0.05, 0.1) is 18.3 Å². The molecule has 3 aromatic carbocycles. The second-order valence-electron chi connectivity index (χ2n) is 7.03. The van der Waals surface area contributed by atoms with Gasteiger partial charge in [-0.1, -0.05) is 84.6 Å². The molecule has 1 amide bonds. The van der Waals surface area contributed by atoms with Gasteiger partial charge in [-0.2, -0.15) is 0 Å². The van der Waals surface area contributed by atoms with Gasteiger partial charge in [0.1, 0.15) is 0 Å². The molecule has 0 spiro atoms. The summed E-state index contributed by atoms with van der Waals surface area (Å²) in [4.78, 5) is 24.7. The number of aromatic nitrogens is 3. The lowest BCUT2D eigenvalue weighted by molar-refractivity contribution is -0.119. The largest absolute Gasteiger partial charge is 0.349 e. The second kappa shape index (κ2) is 9.00. The fourth-order valence-electron chi connectivity index (χ4n) is 3.44. The highest BCUT2D eigenvalue weighted by molar-refractivity contribution is 7.99. The molecule has 1 aromatic heterocycles. The van der Waals surface area contributed by atoms with E-state index in [4.69, 9.17) is 0 Å². The average Bonchev–Trinajstić information content (AvgIpc) is 3.12. The highest BCUT2D eigenvalue weighted by Gasteiger charge is 2.15. The number of nitrogens with zero attached hydrogens (tertiary/aromatic N) is 2. The Bertz CT molecular complexity index is 1210. The zero-order valence-electron chi connectivity index (χ0n) is 16.5. The van der Waals surface area contributed by atoms with Crippen molar-refractivity contribution < 1.29 is 4.79 Å². The molecule has 0 saturated carbocycles. The van der Waals surface area contributed by atoms with Gasteiger partial charge in [0, 0.05) is 0 Å². The van der Waals surface area contributed by atoms with E-state index in [1.165, 1.54) is 11.8 Å². The molecule has 1 atom stereocenters. The van der Waals surface area contributed by atoms with E-state index < -0.39 is 0 Å². The van der Waals surface area contributed by atoms with Crippen LogP contribution in [0.15, 0.2) is 82.7 Å². The summed E-state index contributed by atoms with van der Waals surface area (Å²) in [5, 5.41) is 12.4. The fraction of sp³-hybridized carbons (Fsp3) is 0.174. The van der Waals surface area contributed by atoms with Crippen molar-refractivity contribution in [1.82, 2.24) is 20.1 Å². The van der Waals surface area contributed by atoms with E-state index in [1.807, 2.05) is 61.5 Å². The van der Waals surface area contributed by atoms with E-state index in [-0.39, 0.29) is 23.4 Å². The van der Waals surface area contributed by atoms with Gasteiger partial charge in [0.15, 0.2) is 5.16 Å². The number of thioether (sulfide) groups is 1. The lowest BCUT2D eigenvalue weighted by atomic mass is 10.00. The van der Waals surface area contributed by atoms with Gasteiger partial charge in [-0.15, -0.1) is 5.10 Å². The molecule has 30 heavy (non-hydrogen) atoms. The van der Waals surface area contributed by atoms with Gasteiger partial charge in [-0.05, 0) is 28.8 Å². The molecule has 152 valence electrons. The highest BCUT2D eigenvalue weighted by Crippen LogP contribution is 2.24. The molecule has 4 rings (SSSR count). The van der Waals surface area contributed by atoms with Crippen LogP contribution in [0.3, 0.4) is 0 Å². The summed E-state index contributed by atoms with van der Waals surface area (Å²) in [5.41, 5.74) is 1.79. The number of nitrogens with one attached hydrogen (secondary N) is 2. The summed E-state index contributed by atoms with van der Waals surface area (Å²) >= 11 is 1.24. The number of H-pyrrole nitrogens is 1. The normalized spacial score (nSPS) is 12.0. The molecule has 0 aliphatic carbocycles. The summed E-state index contributed by atoms with van der Waals surface area (Å²) in [6.07, 6.45) is 0. The van der Waals surface area contributed by atoms with E-state index in [9.17, 15) is 9.59 Å². The lowest BCUT2D eigenvalue weighted by Gasteiger charge is -2.16. The van der Waals surface area contributed by atoms with Crippen LogP contribution >= 0.6 is 11.8 Å². The summed E-state index contributed by atoms with van der Waals surface area (Å²) in [6, 6.07) is 23.8. The van der Waals surface area contributed by atoms with Crippen LogP contribution in [-0.4, -0.2) is 26.4 Å². The van der Waals surface area contributed by atoms with E-state index in [0.29, 0.717) is 11.7 Å². The molecule has 6 nitrogen and oxygen atoms in total. The molecular formula is C23H22N4O2S. The first-order valence-corrected chi connectivity index (χ1v) is 10.7. The van der Waals surface area contributed by atoms with Crippen LogP contribution < -0.4 is 11.0 Å². The van der Waals surface area contributed by atoms with E-state index in [0.717, 1.165) is 21.9 Å². The van der Waals surface area contributed by atoms with Gasteiger partial charge in [0.2, 0.25) is 5.91 Å². The van der Waals surface area contributed by atoms with Crippen LogP contribution in [0.25, 0.3) is 10.8 Å². The molecule has 0 fully saturated rings. The molecule has 1 unspecified atom stereocenters. The smallest absolute Gasteiger partial charge is 0.344 e. The van der Waals surface area contributed by atoms with E-state index in [2.05, 4.69) is 33.7 Å². The Hall–Kier alpha value is -3.32. The van der Waals surface area contributed by atoms with Crippen molar-refractivity contribution in [2.24, 2.45) is 0 Å². The summed E-state index contributed by atoms with van der Waals surface area (Å²) in [6.45, 7) is 2.39. The number of carbonyl (C=O) groups excluding carboxylic acids is 1. The minimum absolute atomic E-state index is 0.109. The van der Waals surface area contributed by atoms with E-state index >= 15 is 0 Å². The molecule has 0 radical (unpaired) electrons. The SMILES string of the molecule is CC(NC(=O)CSc1n[nH]c(=O)n1Cc1ccccc1)c1cccc2ccccc12. The quantitative estimate of drug-likeness (QED) is 0.448. The predicted octanol–water partition coefficient (Wildman–Crippen LogP) is 3.74. The number of hydrogen-bond donors (Lipinski definition) is 2. The van der Waals surface area contributed by atoms with Gasteiger partial charge >= 0.3 is 5.69 Å². The van der Waals surface area contributed by atoms with Gasteiger partial charge < -0.3 is 5.32 Å². The highest BCUT2D eigenvalue weighted by atomic mass is 32.2. The third-order valence-corrected chi connectivity index (χ3v) is 5.88. The number of hydrogen-bond acceptors (Lipinski definition) is 4.